The Hall–Kier alpha value is -0.940. The monoisotopic (exact) mass is 266 g/mol. The molecule has 1 aliphatic heterocycles. The molecule has 2 rings (SSSR count). The van der Waals surface area contributed by atoms with E-state index in [4.69, 9.17) is 0 Å². The fraction of sp³-hybridized carbons (Fsp3) is 0.455. The van der Waals surface area contributed by atoms with Gasteiger partial charge < -0.3 is 10.2 Å². The Kier molecular flexibility index (Phi) is 4.65. The molecule has 96 valence electrons. The predicted octanol–water partition coefficient (Wildman–Crippen LogP) is 2.54. The van der Waals surface area contributed by atoms with Gasteiger partial charge in [-0.3, -0.25) is 0 Å². The van der Waals surface area contributed by atoms with Crippen molar-refractivity contribution >= 4 is 18.1 Å². The molecule has 1 aromatic carbocycles. The Morgan fingerprint density at radius 3 is 2.00 bits per heavy atom. The summed E-state index contributed by atoms with van der Waals surface area (Å²) in [7, 11) is 0. The van der Waals surface area contributed by atoms with Crippen LogP contribution in [0.1, 0.15) is 5.56 Å². The first-order valence-electron chi connectivity index (χ1n) is 5.20. The van der Waals surface area contributed by atoms with E-state index in [2.05, 4.69) is 10.2 Å². The molecule has 0 aromatic heterocycles. The molecule has 2 nitrogen and oxygen atoms in total. The van der Waals surface area contributed by atoms with Gasteiger partial charge in [0.1, 0.15) is 0 Å². The third kappa shape index (κ3) is 3.51. The molecular weight excluding hydrogens is 253 g/mol. The van der Waals surface area contributed by atoms with E-state index in [0.717, 1.165) is 44.0 Å². The third-order valence-electron chi connectivity index (χ3n) is 2.68. The zero-order chi connectivity index (χ0) is 11.6. The molecular formula is C11H14ClF3N2. The molecule has 1 aliphatic rings. The molecule has 0 aliphatic carbocycles. The molecule has 0 radical (unpaired) electrons. The first-order chi connectivity index (χ1) is 7.57. The van der Waals surface area contributed by atoms with Gasteiger partial charge in [0, 0.05) is 31.9 Å². The zero-order valence-electron chi connectivity index (χ0n) is 9.13. The lowest BCUT2D eigenvalue weighted by atomic mass is 10.2. The molecule has 0 bridgehead atoms. The first kappa shape index (κ1) is 14.1. The number of anilines is 1. The van der Waals surface area contributed by atoms with Crippen LogP contribution in [0.25, 0.3) is 0 Å². The Balaban J connectivity index is 0.00000144. The highest BCUT2D eigenvalue weighted by Crippen LogP contribution is 2.30. The van der Waals surface area contributed by atoms with E-state index in [9.17, 15) is 13.2 Å². The predicted molar refractivity (Wildman–Crippen MR) is 63.8 cm³/mol. The summed E-state index contributed by atoms with van der Waals surface area (Å²) in [6.07, 6.45) is -4.25. The number of piperazine rings is 1. The Morgan fingerprint density at radius 2 is 1.53 bits per heavy atom. The van der Waals surface area contributed by atoms with E-state index in [-0.39, 0.29) is 12.4 Å². The molecule has 1 heterocycles. The highest BCUT2D eigenvalue weighted by Gasteiger charge is 2.30. The number of benzene rings is 1. The van der Waals surface area contributed by atoms with Gasteiger partial charge in [-0.15, -0.1) is 12.4 Å². The average Bonchev–Trinajstić information content (AvgIpc) is 2.29. The van der Waals surface area contributed by atoms with Crippen molar-refractivity contribution in [2.24, 2.45) is 0 Å². The summed E-state index contributed by atoms with van der Waals surface area (Å²) >= 11 is 0. The van der Waals surface area contributed by atoms with E-state index in [1.807, 2.05) is 0 Å². The lowest BCUT2D eigenvalue weighted by Crippen LogP contribution is -2.43. The smallest absolute Gasteiger partial charge is 0.369 e. The maximum Gasteiger partial charge on any atom is 0.416 e. The van der Waals surface area contributed by atoms with Crippen LogP contribution in [0.2, 0.25) is 0 Å². The third-order valence-corrected chi connectivity index (χ3v) is 2.68. The van der Waals surface area contributed by atoms with Crippen LogP contribution in [0.3, 0.4) is 0 Å². The molecule has 1 saturated heterocycles. The van der Waals surface area contributed by atoms with Crippen LogP contribution in [-0.4, -0.2) is 26.2 Å². The SMILES string of the molecule is Cl.FC(F)(F)c1ccc(N2CCNCC2)cc1. The quantitative estimate of drug-likeness (QED) is 0.840. The van der Waals surface area contributed by atoms with Crippen LogP contribution < -0.4 is 10.2 Å². The topological polar surface area (TPSA) is 15.3 Å². The van der Waals surface area contributed by atoms with Crippen LogP contribution in [0, 0.1) is 0 Å². The van der Waals surface area contributed by atoms with E-state index in [1.54, 1.807) is 0 Å². The number of alkyl halides is 3. The van der Waals surface area contributed by atoms with Crippen molar-refractivity contribution in [1.82, 2.24) is 5.32 Å². The van der Waals surface area contributed by atoms with Gasteiger partial charge in [0.15, 0.2) is 0 Å². The molecule has 0 atom stereocenters. The van der Waals surface area contributed by atoms with Crippen molar-refractivity contribution in [3.05, 3.63) is 29.8 Å². The molecule has 1 fully saturated rings. The van der Waals surface area contributed by atoms with Crippen molar-refractivity contribution in [1.29, 1.82) is 0 Å². The molecule has 1 aromatic rings. The van der Waals surface area contributed by atoms with Crippen molar-refractivity contribution in [2.75, 3.05) is 31.1 Å². The summed E-state index contributed by atoms with van der Waals surface area (Å²) < 4.78 is 37.0. The van der Waals surface area contributed by atoms with Crippen LogP contribution in [0.15, 0.2) is 24.3 Å². The molecule has 17 heavy (non-hydrogen) atoms. The Labute approximate surface area is 104 Å². The molecule has 1 N–H and O–H groups in total. The average molecular weight is 267 g/mol. The van der Waals surface area contributed by atoms with Crippen LogP contribution >= 0.6 is 12.4 Å². The summed E-state index contributed by atoms with van der Waals surface area (Å²) in [6, 6.07) is 5.34. The number of hydrogen-bond acceptors (Lipinski definition) is 2. The van der Waals surface area contributed by atoms with Crippen molar-refractivity contribution in [3.63, 3.8) is 0 Å². The Morgan fingerprint density at radius 1 is 1.00 bits per heavy atom. The summed E-state index contributed by atoms with van der Waals surface area (Å²) in [5.41, 5.74) is 0.265. The summed E-state index contributed by atoms with van der Waals surface area (Å²) in [4.78, 5) is 2.08. The van der Waals surface area contributed by atoms with E-state index in [0.29, 0.717) is 0 Å². The largest absolute Gasteiger partial charge is 0.416 e. The maximum absolute atomic E-state index is 12.3. The van der Waals surface area contributed by atoms with Crippen molar-refractivity contribution < 1.29 is 13.2 Å². The lowest BCUT2D eigenvalue weighted by Gasteiger charge is -2.29. The number of hydrogen-bond donors (Lipinski definition) is 1. The normalized spacial score (nSPS) is 16.5. The van der Waals surface area contributed by atoms with Crippen LogP contribution in [0.4, 0.5) is 18.9 Å². The van der Waals surface area contributed by atoms with E-state index < -0.39 is 11.7 Å². The molecule has 6 heteroatoms. The summed E-state index contributed by atoms with van der Waals surface area (Å²) in [5.74, 6) is 0. The summed E-state index contributed by atoms with van der Waals surface area (Å²) in [6.45, 7) is 3.43. The van der Waals surface area contributed by atoms with Crippen LogP contribution in [-0.2, 0) is 6.18 Å². The van der Waals surface area contributed by atoms with Crippen molar-refractivity contribution in [3.8, 4) is 0 Å². The Bertz CT molecular complexity index is 345. The van der Waals surface area contributed by atoms with Gasteiger partial charge in [0.05, 0.1) is 5.56 Å². The fourth-order valence-electron chi connectivity index (χ4n) is 1.78. The minimum Gasteiger partial charge on any atom is -0.369 e. The van der Waals surface area contributed by atoms with Gasteiger partial charge in [-0.25, -0.2) is 0 Å². The molecule has 0 amide bonds. The first-order valence-corrected chi connectivity index (χ1v) is 5.20. The number of halogens is 4. The fourth-order valence-corrected chi connectivity index (χ4v) is 1.78. The van der Waals surface area contributed by atoms with Gasteiger partial charge in [-0.05, 0) is 24.3 Å². The van der Waals surface area contributed by atoms with Crippen molar-refractivity contribution in [2.45, 2.75) is 6.18 Å². The van der Waals surface area contributed by atoms with Gasteiger partial charge in [0.25, 0.3) is 0 Å². The second-order valence-electron chi connectivity index (χ2n) is 3.78. The lowest BCUT2D eigenvalue weighted by molar-refractivity contribution is -0.137. The van der Waals surface area contributed by atoms with Crippen LogP contribution in [0.5, 0.6) is 0 Å². The molecule has 0 spiro atoms. The number of nitrogens with one attached hydrogen (secondary N) is 1. The zero-order valence-corrected chi connectivity index (χ0v) is 9.94. The van der Waals surface area contributed by atoms with Gasteiger partial charge in [0.2, 0.25) is 0 Å². The highest BCUT2D eigenvalue weighted by molar-refractivity contribution is 5.85. The maximum atomic E-state index is 12.3. The summed E-state index contributed by atoms with van der Waals surface area (Å²) in [5, 5.41) is 3.20. The molecule has 0 unspecified atom stereocenters. The van der Waals surface area contributed by atoms with E-state index >= 15 is 0 Å². The highest BCUT2D eigenvalue weighted by atomic mass is 35.5. The van der Waals surface area contributed by atoms with Gasteiger partial charge in [-0.1, -0.05) is 0 Å². The number of rotatable bonds is 1. The van der Waals surface area contributed by atoms with Gasteiger partial charge >= 0.3 is 6.18 Å². The minimum atomic E-state index is -4.25. The minimum absolute atomic E-state index is 0. The number of nitrogens with zero attached hydrogens (tertiary/aromatic N) is 1. The second-order valence-corrected chi connectivity index (χ2v) is 3.78. The van der Waals surface area contributed by atoms with E-state index in [1.165, 1.54) is 12.1 Å². The second kappa shape index (κ2) is 5.60. The molecule has 0 saturated carbocycles. The van der Waals surface area contributed by atoms with Gasteiger partial charge in [-0.2, -0.15) is 13.2 Å². The standard InChI is InChI=1S/C11H13F3N2.ClH/c12-11(13,14)9-1-3-10(4-2-9)16-7-5-15-6-8-16;/h1-4,15H,5-8H2;1H.